The molecule has 0 bridgehead atoms. The second kappa shape index (κ2) is 7.53. The molecule has 27 heavy (non-hydrogen) atoms. The van der Waals surface area contributed by atoms with Crippen LogP contribution in [0, 0.1) is 6.92 Å². The Morgan fingerprint density at radius 2 is 2.22 bits per heavy atom. The van der Waals surface area contributed by atoms with Crippen LogP contribution in [-0.2, 0) is 0 Å². The lowest BCUT2D eigenvalue weighted by Crippen LogP contribution is -2.39. The summed E-state index contributed by atoms with van der Waals surface area (Å²) in [6.45, 7) is 3.26. The quantitative estimate of drug-likeness (QED) is 0.739. The predicted octanol–water partition coefficient (Wildman–Crippen LogP) is 2.67. The minimum absolute atomic E-state index is 0.0187. The van der Waals surface area contributed by atoms with Gasteiger partial charge in [-0.1, -0.05) is 6.07 Å². The van der Waals surface area contributed by atoms with Gasteiger partial charge in [-0.3, -0.25) is 4.79 Å². The molecule has 1 saturated heterocycles. The molecule has 1 fully saturated rings. The summed E-state index contributed by atoms with van der Waals surface area (Å²) >= 11 is 0. The zero-order chi connectivity index (χ0) is 18.6. The van der Waals surface area contributed by atoms with Crippen LogP contribution in [-0.4, -0.2) is 48.8 Å². The summed E-state index contributed by atoms with van der Waals surface area (Å²) in [6, 6.07) is 7.64. The van der Waals surface area contributed by atoms with E-state index in [4.69, 9.17) is 0 Å². The molecule has 1 atom stereocenters. The van der Waals surface area contributed by atoms with Crippen molar-refractivity contribution in [2.45, 2.75) is 25.7 Å². The number of rotatable bonds is 4. The van der Waals surface area contributed by atoms with Gasteiger partial charge >= 0.3 is 0 Å². The average molecular weight is 363 g/mol. The number of nitrogens with one attached hydrogen (secondary N) is 2. The number of H-pyrrole nitrogens is 1. The smallest absolute Gasteiger partial charge is 0.271 e. The number of anilines is 2. The van der Waals surface area contributed by atoms with Crippen LogP contribution in [0.2, 0.25) is 0 Å². The van der Waals surface area contributed by atoms with Crippen molar-refractivity contribution in [1.82, 2.24) is 29.8 Å². The number of likely N-dealkylation sites (tertiary alicyclic amines) is 1. The Morgan fingerprint density at radius 3 is 3.00 bits per heavy atom. The average Bonchev–Trinajstić information content (AvgIpc) is 3.23. The number of aromatic amines is 1. The lowest BCUT2D eigenvalue weighted by atomic mass is 9.94. The Balaban J connectivity index is 1.53. The van der Waals surface area contributed by atoms with Crippen molar-refractivity contribution in [2.75, 3.05) is 18.4 Å². The maximum atomic E-state index is 12.6. The van der Waals surface area contributed by atoms with Gasteiger partial charge in [0.2, 0.25) is 0 Å². The second-order valence-electron chi connectivity index (χ2n) is 6.62. The number of amides is 1. The Hall–Kier alpha value is -3.29. The van der Waals surface area contributed by atoms with Gasteiger partial charge in [0.15, 0.2) is 0 Å². The van der Waals surface area contributed by atoms with Crippen LogP contribution in [0.15, 0.2) is 43.0 Å². The maximum absolute atomic E-state index is 12.6. The van der Waals surface area contributed by atoms with Crippen molar-refractivity contribution in [1.29, 1.82) is 0 Å². The summed E-state index contributed by atoms with van der Waals surface area (Å²) in [5.74, 6) is 2.31. The summed E-state index contributed by atoms with van der Waals surface area (Å²) in [7, 11) is 0. The predicted molar refractivity (Wildman–Crippen MR) is 101 cm³/mol. The zero-order valence-corrected chi connectivity index (χ0v) is 15.1. The number of hydrogen-bond acceptors (Lipinski definition) is 6. The number of carbonyl (C=O) groups is 1. The van der Waals surface area contributed by atoms with Crippen LogP contribution < -0.4 is 5.32 Å². The number of nitrogens with zero attached hydrogens (tertiary/aromatic N) is 5. The fourth-order valence-corrected chi connectivity index (χ4v) is 3.38. The van der Waals surface area contributed by atoms with Gasteiger partial charge in [-0.15, -0.1) is 0 Å². The summed E-state index contributed by atoms with van der Waals surface area (Å²) in [5.41, 5.74) is 1.47. The van der Waals surface area contributed by atoms with E-state index in [1.54, 1.807) is 12.4 Å². The minimum Gasteiger partial charge on any atom is -0.341 e. The molecule has 3 aromatic rings. The van der Waals surface area contributed by atoms with Crippen molar-refractivity contribution in [2.24, 2.45) is 0 Å². The van der Waals surface area contributed by atoms with Crippen molar-refractivity contribution >= 4 is 17.5 Å². The molecule has 1 aliphatic heterocycles. The van der Waals surface area contributed by atoms with E-state index in [1.807, 2.05) is 36.1 Å². The molecule has 138 valence electrons. The molecule has 4 heterocycles. The van der Waals surface area contributed by atoms with Gasteiger partial charge in [0.05, 0.1) is 18.2 Å². The van der Waals surface area contributed by atoms with E-state index in [1.165, 1.54) is 6.33 Å². The van der Waals surface area contributed by atoms with E-state index >= 15 is 0 Å². The summed E-state index contributed by atoms with van der Waals surface area (Å²) in [6.07, 6.45) is 6.76. The summed E-state index contributed by atoms with van der Waals surface area (Å²) in [4.78, 5) is 34.7. The van der Waals surface area contributed by atoms with E-state index in [0.29, 0.717) is 23.9 Å². The number of hydrogen-bond donors (Lipinski definition) is 2. The minimum atomic E-state index is -0.0187. The van der Waals surface area contributed by atoms with Crippen LogP contribution in [0.5, 0.6) is 0 Å². The van der Waals surface area contributed by atoms with E-state index in [-0.39, 0.29) is 11.8 Å². The number of imidazole rings is 1. The van der Waals surface area contributed by atoms with Crippen LogP contribution in [0.3, 0.4) is 0 Å². The standard InChI is InChI=1S/C19H21N7O/c1-13-23-15(9-18(24-13)25-17-6-2-3-7-21-17)14-5-4-8-26(11-14)19(27)16-10-20-12-22-16/h2-3,6-7,9-10,12,14H,4-5,8,11H2,1H3,(H,20,22)(H,21,23,24,25)/t14-/m1/s1. The van der Waals surface area contributed by atoms with Crippen LogP contribution in [0.4, 0.5) is 11.6 Å². The van der Waals surface area contributed by atoms with E-state index in [0.717, 1.165) is 30.9 Å². The van der Waals surface area contributed by atoms with Gasteiger partial charge < -0.3 is 15.2 Å². The van der Waals surface area contributed by atoms with E-state index < -0.39 is 0 Å². The molecular weight excluding hydrogens is 342 g/mol. The van der Waals surface area contributed by atoms with Crippen LogP contribution in [0.25, 0.3) is 0 Å². The van der Waals surface area contributed by atoms with Gasteiger partial charge in [0, 0.05) is 31.3 Å². The highest BCUT2D eigenvalue weighted by Gasteiger charge is 2.27. The van der Waals surface area contributed by atoms with Crippen molar-refractivity contribution in [3.63, 3.8) is 0 Å². The number of aromatic nitrogens is 5. The Kier molecular flexibility index (Phi) is 4.78. The highest BCUT2D eigenvalue weighted by Crippen LogP contribution is 2.28. The lowest BCUT2D eigenvalue weighted by molar-refractivity contribution is 0.0700. The highest BCUT2D eigenvalue weighted by molar-refractivity contribution is 5.92. The van der Waals surface area contributed by atoms with Gasteiger partial charge in [-0.05, 0) is 31.9 Å². The number of piperidine rings is 1. The molecule has 0 aliphatic carbocycles. The number of carbonyl (C=O) groups excluding carboxylic acids is 1. The van der Waals surface area contributed by atoms with Crippen molar-refractivity contribution in [3.8, 4) is 0 Å². The fourth-order valence-electron chi connectivity index (χ4n) is 3.38. The molecule has 0 saturated carbocycles. The number of pyridine rings is 1. The van der Waals surface area contributed by atoms with E-state index in [9.17, 15) is 4.79 Å². The first-order chi connectivity index (χ1) is 13.2. The topological polar surface area (TPSA) is 99.7 Å². The normalized spacial score (nSPS) is 16.9. The third-order valence-corrected chi connectivity index (χ3v) is 4.63. The first-order valence-corrected chi connectivity index (χ1v) is 9.00. The molecule has 1 amide bonds. The Morgan fingerprint density at radius 1 is 1.30 bits per heavy atom. The van der Waals surface area contributed by atoms with Gasteiger partial charge in [0.1, 0.15) is 23.2 Å². The largest absolute Gasteiger partial charge is 0.341 e. The van der Waals surface area contributed by atoms with Gasteiger partial charge in [0.25, 0.3) is 5.91 Å². The summed E-state index contributed by atoms with van der Waals surface area (Å²) in [5, 5.41) is 3.22. The molecule has 0 radical (unpaired) electrons. The SMILES string of the molecule is Cc1nc(Nc2ccccn2)cc([C@@H]2CCCN(C(=O)c3cnc[nH]3)C2)n1. The van der Waals surface area contributed by atoms with Crippen molar-refractivity contribution in [3.05, 3.63) is 60.2 Å². The zero-order valence-electron chi connectivity index (χ0n) is 15.1. The molecule has 8 heteroatoms. The Labute approximate surface area is 157 Å². The highest BCUT2D eigenvalue weighted by atomic mass is 16.2. The second-order valence-corrected chi connectivity index (χ2v) is 6.62. The fraction of sp³-hybridized carbons (Fsp3) is 0.316. The Bertz CT molecular complexity index is 911. The molecule has 3 aromatic heterocycles. The van der Waals surface area contributed by atoms with Crippen molar-refractivity contribution < 1.29 is 4.79 Å². The monoisotopic (exact) mass is 363 g/mol. The van der Waals surface area contributed by atoms with Gasteiger partial charge in [-0.25, -0.2) is 19.9 Å². The first-order valence-electron chi connectivity index (χ1n) is 9.00. The van der Waals surface area contributed by atoms with E-state index in [2.05, 4.69) is 30.2 Å². The van der Waals surface area contributed by atoms with Gasteiger partial charge in [-0.2, -0.15) is 0 Å². The maximum Gasteiger partial charge on any atom is 0.271 e. The molecule has 0 unspecified atom stereocenters. The first kappa shape index (κ1) is 17.1. The van der Waals surface area contributed by atoms with Crippen LogP contribution >= 0.6 is 0 Å². The lowest BCUT2D eigenvalue weighted by Gasteiger charge is -2.32. The summed E-state index contributed by atoms with van der Waals surface area (Å²) < 4.78 is 0. The molecule has 0 spiro atoms. The molecule has 0 aromatic carbocycles. The number of aryl methyl sites for hydroxylation is 1. The third kappa shape index (κ3) is 3.94. The molecular formula is C19H21N7O. The molecule has 4 rings (SSSR count). The molecule has 2 N–H and O–H groups in total. The molecule has 1 aliphatic rings. The third-order valence-electron chi connectivity index (χ3n) is 4.63. The molecule has 8 nitrogen and oxygen atoms in total. The van der Waals surface area contributed by atoms with Crippen LogP contribution in [0.1, 0.15) is 40.8 Å².